The molecule has 0 fully saturated rings. The van der Waals surface area contributed by atoms with Crippen LogP contribution in [0.2, 0.25) is 0 Å². The maximum absolute atomic E-state index is 14.0. The van der Waals surface area contributed by atoms with Crippen LogP contribution in [0.1, 0.15) is 12.0 Å². The number of halogens is 1. The normalized spacial score (nSPS) is 15.1. The first-order valence-electron chi connectivity index (χ1n) is 5.27. The SMILES string of the molecule is NC/C=C/c1ccc2c(c1F)OCCCO2. The molecule has 3 nitrogen and oxygen atoms in total. The molecule has 0 saturated carbocycles. The van der Waals surface area contributed by atoms with Crippen LogP contribution in [0, 0.1) is 5.82 Å². The van der Waals surface area contributed by atoms with Crippen LogP contribution in [0.25, 0.3) is 6.08 Å². The number of hydrogen-bond acceptors (Lipinski definition) is 3. The molecule has 1 aromatic rings. The van der Waals surface area contributed by atoms with Crippen LogP contribution < -0.4 is 15.2 Å². The van der Waals surface area contributed by atoms with Crippen LogP contribution in [-0.2, 0) is 0 Å². The number of nitrogens with two attached hydrogens (primary N) is 1. The predicted octanol–water partition coefficient (Wildman–Crippen LogP) is 1.96. The number of benzene rings is 1. The molecular weight excluding hydrogens is 209 g/mol. The molecule has 2 rings (SSSR count). The van der Waals surface area contributed by atoms with Crippen LogP contribution in [0.4, 0.5) is 4.39 Å². The minimum absolute atomic E-state index is 0.205. The fourth-order valence-corrected chi connectivity index (χ4v) is 1.54. The zero-order chi connectivity index (χ0) is 11.4. The second kappa shape index (κ2) is 4.99. The standard InChI is InChI=1S/C12H14FNO2/c13-11-9(3-1-6-14)4-5-10-12(11)16-8-2-7-15-10/h1,3-5H,2,6-8,14H2/b3-1+. The number of ether oxygens (including phenoxy) is 2. The largest absolute Gasteiger partial charge is 0.489 e. The van der Waals surface area contributed by atoms with Gasteiger partial charge in [0.2, 0.25) is 0 Å². The Labute approximate surface area is 93.7 Å². The fraction of sp³-hybridized carbons (Fsp3) is 0.333. The molecule has 1 aliphatic rings. The second-order valence-corrected chi connectivity index (χ2v) is 3.48. The van der Waals surface area contributed by atoms with Crippen LogP contribution in [0.5, 0.6) is 11.5 Å². The fourth-order valence-electron chi connectivity index (χ4n) is 1.54. The van der Waals surface area contributed by atoms with Crippen molar-refractivity contribution in [3.63, 3.8) is 0 Å². The Bertz CT molecular complexity index is 404. The second-order valence-electron chi connectivity index (χ2n) is 3.48. The van der Waals surface area contributed by atoms with Gasteiger partial charge in [-0.3, -0.25) is 0 Å². The van der Waals surface area contributed by atoms with Gasteiger partial charge in [-0.15, -0.1) is 0 Å². The van der Waals surface area contributed by atoms with Crippen molar-refractivity contribution in [2.24, 2.45) is 5.73 Å². The minimum Gasteiger partial charge on any atom is -0.489 e. The highest BCUT2D eigenvalue weighted by atomic mass is 19.1. The maximum atomic E-state index is 14.0. The first kappa shape index (κ1) is 11.0. The van der Waals surface area contributed by atoms with E-state index in [1.54, 1.807) is 24.3 Å². The molecule has 0 atom stereocenters. The minimum atomic E-state index is -0.385. The molecule has 2 N–H and O–H groups in total. The van der Waals surface area contributed by atoms with Gasteiger partial charge >= 0.3 is 0 Å². The van der Waals surface area contributed by atoms with Gasteiger partial charge in [-0.1, -0.05) is 12.2 Å². The molecule has 1 aromatic carbocycles. The van der Waals surface area contributed by atoms with Crippen LogP contribution in [-0.4, -0.2) is 19.8 Å². The van der Waals surface area contributed by atoms with Crippen molar-refractivity contribution in [1.29, 1.82) is 0 Å². The third-order valence-electron chi connectivity index (χ3n) is 2.32. The highest BCUT2D eigenvalue weighted by Gasteiger charge is 2.17. The van der Waals surface area contributed by atoms with Crippen LogP contribution >= 0.6 is 0 Å². The highest BCUT2D eigenvalue weighted by molar-refractivity contribution is 5.57. The lowest BCUT2D eigenvalue weighted by Gasteiger charge is -2.09. The van der Waals surface area contributed by atoms with E-state index in [1.807, 2.05) is 0 Å². The van der Waals surface area contributed by atoms with Crippen molar-refractivity contribution < 1.29 is 13.9 Å². The summed E-state index contributed by atoms with van der Waals surface area (Å²) >= 11 is 0. The van der Waals surface area contributed by atoms with E-state index in [9.17, 15) is 4.39 Å². The van der Waals surface area contributed by atoms with Crippen molar-refractivity contribution >= 4 is 6.08 Å². The lowest BCUT2D eigenvalue weighted by atomic mass is 10.1. The first-order valence-corrected chi connectivity index (χ1v) is 5.27. The summed E-state index contributed by atoms with van der Waals surface area (Å²) in [4.78, 5) is 0. The smallest absolute Gasteiger partial charge is 0.197 e. The summed E-state index contributed by atoms with van der Waals surface area (Å²) in [6, 6.07) is 3.38. The van der Waals surface area contributed by atoms with E-state index in [4.69, 9.17) is 15.2 Å². The van der Waals surface area contributed by atoms with E-state index in [0.717, 1.165) is 6.42 Å². The predicted molar refractivity (Wildman–Crippen MR) is 60.1 cm³/mol. The number of hydrogen-bond donors (Lipinski definition) is 1. The molecule has 0 bridgehead atoms. The molecule has 1 aliphatic heterocycles. The molecular formula is C12H14FNO2. The third kappa shape index (κ3) is 2.17. The van der Waals surface area contributed by atoms with Gasteiger partial charge in [-0.2, -0.15) is 0 Å². The zero-order valence-corrected chi connectivity index (χ0v) is 8.91. The van der Waals surface area contributed by atoms with Crippen molar-refractivity contribution in [2.45, 2.75) is 6.42 Å². The quantitative estimate of drug-likeness (QED) is 0.833. The Balaban J connectivity index is 2.37. The van der Waals surface area contributed by atoms with Gasteiger partial charge in [0, 0.05) is 18.5 Å². The Hall–Kier alpha value is -1.55. The molecule has 16 heavy (non-hydrogen) atoms. The molecule has 0 radical (unpaired) electrons. The summed E-state index contributed by atoms with van der Waals surface area (Å²) in [5.74, 6) is 0.292. The Morgan fingerprint density at radius 1 is 1.31 bits per heavy atom. The van der Waals surface area contributed by atoms with Crippen LogP contribution in [0.15, 0.2) is 18.2 Å². The van der Waals surface area contributed by atoms with Gasteiger partial charge in [0.1, 0.15) is 0 Å². The van der Waals surface area contributed by atoms with Crippen molar-refractivity contribution in [3.8, 4) is 11.5 Å². The summed E-state index contributed by atoms with van der Waals surface area (Å²) in [7, 11) is 0. The summed E-state index contributed by atoms with van der Waals surface area (Å²) < 4.78 is 24.7. The number of rotatable bonds is 2. The molecule has 0 aliphatic carbocycles. The molecule has 0 spiro atoms. The zero-order valence-electron chi connectivity index (χ0n) is 8.91. The van der Waals surface area contributed by atoms with E-state index in [-0.39, 0.29) is 11.6 Å². The van der Waals surface area contributed by atoms with Gasteiger partial charge in [0.15, 0.2) is 17.3 Å². The third-order valence-corrected chi connectivity index (χ3v) is 2.32. The average Bonchev–Trinajstić information content (AvgIpc) is 2.54. The summed E-state index contributed by atoms with van der Waals surface area (Å²) in [6.45, 7) is 1.42. The van der Waals surface area contributed by atoms with E-state index < -0.39 is 0 Å². The summed E-state index contributed by atoms with van der Waals surface area (Å²) in [5.41, 5.74) is 5.79. The van der Waals surface area contributed by atoms with Gasteiger partial charge in [0.25, 0.3) is 0 Å². The Morgan fingerprint density at radius 2 is 2.12 bits per heavy atom. The van der Waals surface area contributed by atoms with Gasteiger partial charge in [0.05, 0.1) is 13.2 Å². The molecule has 0 saturated heterocycles. The van der Waals surface area contributed by atoms with E-state index >= 15 is 0 Å². The molecule has 0 aromatic heterocycles. The molecule has 4 heteroatoms. The van der Waals surface area contributed by atoms with Gasteiger partial charge in [-0.05, 0) is 12.1 Å². The number of fused-ring (bicyclic) bond motifs is 1. The topological polar surface area (TPSA) is 44.5 Å². The van der Waals surface area contributed by atoms with Gasteiger partial charge in [-0.25, -0.2) is 4.39 Å². The lowest BCUT2D eigenvalue weighted by Crippen LogP contribution is -1.98. The highest BCUT2D eigenvalue weighted by Crippen LogP contribution is 2.34. The van der Waals surface area contributed by atoms with Gasteiger partial charge < -0.3 is 15.2 Å². The lowest BCUT2D eigenvalue weighted by molar-refractivity contribution is 0.292. The Kier molecular flexibility index (Phi) is 3.41. The average molecular weight is 223 g/mol. The first-order chi connectivity index (χ1) is 7.83. The van der Waals surface area contributed by atoms with Crippen LogP contribution in [0.3, 0.4) is 0 Å². The monoisotopic (exact) mass is 223 g/mol. The summed E-state index contributed by atoms with van der Waals surface area (Å²) in [5, 5.41) is 0. The molecule has 0 amide bonds. The summed E-state index contributed by atoms with van der Waals surface area (Å²) in [6.07, 6.45) is 4.11. The Morgan fingerprint density at radius 3 is 2.94 bits per heavy atom. The molecule has 1 heterocycles. The van der Waals surface area contributed by atoms with Crippen molar-refractivity contribution in [2.75, 3.05) is 19.8 Å². The van der Waals surface area contributed by atoms with Crippen molar-refractivity contribution in [3.05, 3.63) is 29.6 Å². The van der Waals surface area contributed by atoms with Crippen molar-refractivity contribution in [1.82, 2.24) is 0 Å². The molecule has 0 unspecified atom stereocenters. The molecule has 86 valence electrons. The van der Waals surface area contributed by atoms with E-state index in [2.05, 4.69) is 0 Å². The maximum Gasteiger partial charge on any atom is 0.197 e. The van der Waals surface area contributed by atoms with E-state index in [0.29, 0.717) is 31.1 Å². The van der Waals surface area contributed by atoms with E-state index in [1.165, 1.54) is 0 Å².